The molecule has 54 heavy (non-hydrogen) atoms. The Morgan fingerprint density at radius 2 is 1.15 bits per heavy atom. The molecule has 1 aromatic heterocycles. The van der Waals surface area contributed by atoms with Gasteiger partial charge in [-0.3, -0.25) is 0 Å². The second kappa shape index (κ2) is 13.4. The topological polar surface area (TPSA) is 8.17 Å². The van der Waals surface area contributed by atoms with Crippen LogP contribution in [0.4, 0.5) is 17.1 Å². The van der Waals surface area contributed by atoms with Crippen molar-refractivity contribution < 1.29 is 0 Å². The zero-order valence-electron chi connectivity index (χ0n) is 31.0. The number of nitrogens with zero attached hydrogens (tertiary/aromatic N) is 2. The third-order valence-corrected chi connectivity index (χ3v) is 11.1. The van der Waals surface area contributed by atoms with Gasteiger partial charge >= 0.3 is 0 Å². The summed E-state index contributed by atoms with van der Waals surface area (Å²) in [6.07, 6.45) is 7.95. The summed E-state index contributed by atoms with van der Waals surface area (Å²) >= 11 is 0. The van der Waals surface area contributed by atoms with Gasteiger partial charge in [0.25, 0.3) is 0 Å². The molecule has 0 N–H and O–H groups in total. The molecule has 0 amide bonds. The summed E-state index contributed by atoms with van der Waals surface area (Å²) < 4.78 is 2.35. The van der Waals surface area contributed by atoms with E-state index in [4.69, 9.17) is 0 Å². The molecule has 2 nitrogen and oxygen atoms in total. The predicted octanol–water partition coefficient (Wildman–Crippen LogP) is 14.5. The maximum absolute atomic E-state index is 3.82. The number of allylic oxidation sites excluding steroid dienone is 5. The van der Waals surface area contributed by atoms with Gasteiger partial charge in [0.05, 0.1) is 11.0 Å². The lowest BCUT2D eigenvalue weighted by molar-refractivity contribution is 0.660. The number of aromatic nitrogens is 1. The average Bonchev–Trinajstić information content (AvgIpc) is 3.66. The number of para-hydroxylation sites is 2. The molecule has 0 spiro atoms. The summed E-state index contributed by atoms with van der Waals surface area (Å²) in [4.78, 5) is 2.39. The van der Waals surface area contributed by atoms with Crippen molar-refractivity contribution in [2.45, 2.75) is 26.2 Å². The van der Waals surface area contributed by atoms with Gasteiger partial charge in [-0.15, -0.1) is 0 Å². The fourth-order valence-corrected chi connectivity index (χ4v) is 8.44. The van der Waals surface area contributed by atoms with E-state index < -0.39 is 0 Å². The van der Waals surface area contributed by atoms with Crippen LogP contribution in [0.1, 0.15) is 31.9 Å². The van der Waals surface area contributed by atoms with Crippen LogP contribution in [0.25, 0.3) is 60.9 Å². The molecule has 0 radical (unpaired) electrons. The summed E-state index contributed by atoms with van der Waals surface area (Å²) in [6, 6.07) is 60.0. The van der Waals surface area contributed by atoms with Crippen LogP contribution in [-0.2, 0) is 5.41 Å². The summed E-state index contributed by atoms with van der Waals surface area (Å²) in [6.45, 7) is 10.7. The van der Waals surface area contributed by atoms with E-state index in [1.165, 1.54) is 66.3 Å². The minimum absolute atomic E-state index is 0.0806. The third-order valence-electron chi connectivity index (χ3n) is 11.1. The molecule has 0 saturated carbocycles. The number of fused-ring (bicyclic) bond motifs is 6. The van der Waals surface area contributed by atoms with Crippen LogP contribution in [-0.4, -0.2) is 4.57 Å². The minimum Gasteiger partial charge on any atom is -0.313 e. The maximum atomic E-state index is 3.82. The summed E-state index contributed by atoms with van der Waals surface area (Å²) in [7, 11) is 0. The standard InChI is InChI=1S/C52H42N2/c1-5-6-8-17-36(2)53-50-27-14-12-25-46(50)47-34-40(28-31-51(47)53)38-19-15-18-37(32-38)39-20-16-23-42(33-39)54(41-21-9-7-10-22-41)43-29-30-45-44-24-11-13-26-48(44)52(3,4)49(45)35-43/h5-35H,1H2,2-4H3/b8-6-,36-17+. The highest BCUT2D eigenvalue weighted by Crippen LogP contribution is 2.50. The molecule has 0 unspecified atom stereocenters. The second-order valence-corrected chi connectivity index (χ2v) is 14.7. The van der Waals surface area contributed by atoms with Crippen molar-refractivity contribution in [2.24, 2.45) is 0 Å². The van der Waals surface area contributed by atoms with Crippen molar-refractivity contribution in [3.8, 4) is 33.4 Å². The van der Waals surface area contributed by atoms with Gasteiger partial charge < -0.3 is 9.47 Å². The molecule has 0 atom stereocenters. The van der Waals surface area contributed by atoms with Gasteiger partial charge in [-0.1, -0.05) is 142 Å². The smallest absolute Gasteiger partial charge is 0.0538 e. The first-order chi connectivity index (χ1) is 26.4. The molecular formula is C52H42N2. The number of benzene rings is 7. The Morgan fingerprint density at radius 1 is 0.519 bits per heavy atom. The molecule has 0 aliphatic heterocycles. The first-order valence-corrected chi connectivity index (χ1v) is 18.7. The van der Waals surface area contributed by atoms with E-state index >= 15 is 0 Å². The Hall–Kier alpha value is -6.64. The van der Waals surface area contributed by atoms with Crippen LogP contribution in [0.2, 0.25) is 0 Å². The van der Waals surface area contributed by atoms with Gasteiger partial charge in [0, 0.05) is 38.9 Å². The van der Waals surface area contributed by atoms with Crippen LogP contribution in [0.5, 0.6) is 0 Å². The lowest BCUT2D eigenvalue weighted by Crippen LogP contribution is -2.16. The third kappa shape index (κ3) is 5.59. The highest BCUT2D eigenvalue weighted by Gasteiger charge is 2.35. The molecule has 8 aromatic rings. The Bertz CT molecular complexity index is 2770. The SMILES string of the molecule is C=C/C=C\C=C(/C)n1c2ccccc2c2cc(-c3cccc(-c4cccc(N(c5ccccc5)c5ccc6c(c5)C(C)(C)c5ccccc5-6)c4)c3)ccc21. The Balaban J connectivity index is 1.11. The highest BCUT2D eigenvalue weighted by molar-refractivity contribution is 6.11. The molecule has 0 bridgehead atoms. The first-order valence-electron chi connectivity index (χ1n) is 18.7. The van der Waals surface area contributed by atoms with Crippen LogP contribution >= 0.6 is 0 Å². The van der Waals surface area contributed by atoms with Gasteiger partial charge in [0.1, 0.15) is 0 Å². The largest absolute Gasteiger partial charge is 0.313 e. The van der Waals surface area contributed by atoms with Crippen LogP contribution in [0, 0.1) is 0 Å². The predicted molar refractivity (Wildman–Crippen MR) is 232 cm³/mol. The molecule has 0 fully saturated rings. The molecule has 260 valence electrons. The van der Waals surface area contributed by atoms with E-state index in [0.29, 0.717) is 0 Å². The number of rotatable bonds is 8. The van der Waals surface area contributed by atoms with E-state index in [0.717, 1.165) is 22.8 Å². The Kier molecular flexibility index (Phi) is 8.24. The number of anilines is 3. The lowest BCUT2D eigenvalue weighted by Gasteiger charge is -2.28. The van der Waals surface area contributed by atoms with Crippen molar-refractivity contribution in [3.05, 3.63) is 206 Å². The molecule has 1 aliphatic carbocycles. The quantitative estimate of drug-likeness (QED) is 0.144. The first kappa shape index (κ1) is 33.2. The average molecular weight is 695 g/mol. The van der Waals surface area contributed by atoms with Gasteiger partial charge in [0.15, 0.2) is 0 Å². The van der Waals surface area contributed by atoms with Gasteiger partial charge in [-0.25, -0.2) is 0 Å². The summed E-state index contributed by atoms with van der Waals surface area (Å²) in [5.74, 6) is 0. The molecule has 1 aliphatic rings. The van der Waals surface area contributed by atoms with E-state index in [2.05, 4.69) is 207 Å². The Morgan fingerprint density at radius 3 is 1.96 bits per heavy atom. The number of hydrogen-bond acceptors (Lipinski definition) is 1. The molecule has 2 heteroatoms. The van der Waals surface area contributed by atoms with Gasteiger partial charge in [-0.2, -0.15) is 0 Å². The zero-order valence-corrected chi connectivity index (χ0v) is 31.0. The maximum Gasteiger partial charge on any atom is 0.0538 e. The van der Waals surface area contributed by atoms with E-state index in [1.54, 1.807) is 6.08 Å². The second-order valence-electron chi connectivity index (χ2n) is 14.7. The van der Waals surface area contributed by atoms with E-state index in [9.17, 15) is 0 Å². The Labute approximate surface area is 318 Å². The van der Waals surface area contributed by atoms with Gasteiger partial charge in [0.2, 0.25) is 0 Å². The van der Waals surface area contributed by atoms with Crippen LogP contribution in [0.3, 0.4) is 0 Å². The molecule has 9 rings (SSSR count). The van der Waals surface area contributed by atoms with Crippen molar-refractivity contribution in [3.63, 3.8) is 0 Å². The van der Waals surface area contributed by atoms with Crippen LogP contribution < -0.4 is 4.90 Å². The van der Waals surface area contributed by atoms with Gasteiger partial charge in [-0.05, 0) is 118 Å². The molecular weight excluding hydrogens is 653 g/mol. The van der Waals surface area contributed by atoms with Crippen molar-refractivity contribution in [2.75, 3.05) is 4.90 Å². The monoisotopic (exact) mass is 694 g/mol. The zero-order chi connectivity index (χ0) is 36.8. The fourth-order valence-electron chi connectivity index (χ4n) is 8.44. The van der Waals surface area contributed by atoms with E-state index in [1.807, 2.05) is 12.2 Å². The summed E-state index contributed by atoms with van der Waals surface area (Å²) in [5.41, 5.74) is 17.1. The van der Waals surface area contributed by atoms with Crippen LogP contribution in [0.15, 0.2) is 195 Å². The van der Waals surface area contributed by atoms with Crippen molar-refractivity contribution in [1.82, 2.24) is 4.57 Å². The molecule has 7 aromatic carbocycles. The minimum atomic E-state index is -0.0806. The van der Waals surface area contributed by atoms with E-state index in [-0.39, 0.29) is 5.41 Å². The van der Waals surface area contributed by atoms with Crippen molar-refractivity contribution in [1.29, 1.82) is 0 Å². The van der Waals surface area contributed by atoms with Crippen molar-refractivity contribution >= 4 is 44.6 Å². The number of hydrogen-bond donors (Lipinski definition) is 0. The molecule has 1 heterocycles. The lowest BCUT2D eigenvalue weighted by atomic mass is 9.82. The normalized spacial score (nSPS) is 13.4. The fraction of sp³-hybridized carbons (Fsp3) is 0.0769. The summed E-state index contributed by atoms with van der Waals surface area (Å²) in [5, 5.41) is 2.49. The molecule has 0 saturated heterocycles. The highest BCUT2D eigenvalue weighted by atomic mass is 15.1.